The third-order valence-electron chi connectivity index (χ3n) is 1.24. The van der Waals surface area contributed by atoms with E-state index in [-0.39, 0.29) is 12.8 Å². The molecule has 3 nitrogen and oxygen atoms in total. The van der Waals surface area contributed by atoms with Crippen molar-refractivity contribution in [2.75, 3.05) is 19.7 Å². The summed E-state index contributed by atoms with van der Waals surface area (Å²) >= 11 is 0. The lowest BCUT2D eigenvalue weighted by molar-refractivity contribution is 0.202. The first-order chi connectivity index (χ1) is 3.93. The van der Waals surface area contributed by atoms with Crippen LogP contribution in [-0.2, 0) is 0 Å². The summed E-state index contributed by atoms with van der Waals surface area (Å²) in [6, 6.07) is 0. The second-order valence-electron chi connectivity index (χ2n) is 1.91. The Morgan fingerprint density at radius 1 is 1.75 bits per heavy atom. The number of aliphatic hydroxyl groups excluding tert-OH is 1. The second-order valence-corrected chi connectivity index (χ2v) is 1.91. The highest BCUT2D eigenvalue weighted by Gasteiger charge is 2.09. The quantitative estimate of drug-likeness (QED) is 0.456. The summed E-state index contributed by atoms with van der Waals surface area (Å²) in [4.78, 5) is 0. The van der Waals surface area contributed by atoms with Crippen LogP contribution in [0.15, 0.2) is 0 Å². The van der Waals surface area contributed by atoms with Gasteiger partial charge in [-0.15, -0.1) is 0 Å². The van der Waals surface area contributed by atoms with Crippen molar-refractivity contribution in [1.82, 2.24) is 10.6 Å². The van der Waals surface area contributed by atoms with E-state index in [2.05, 4.69) is 10.6 Å². The van der Waals surface area contributed by atoms with Crippen molar-refractivity contribution < 1.29 is 5.11 Å². The number of hydrogen-bond donors (Lipinski definition) is 2. The maximum absolute atomic E-state index is 8.53. The number of rotatable bonds is 1. The van der Waals surface area contributed by atoms with E-state index in [0.29, 0.717) is 0 Å². The van der Waals surface area contributed by atoms with Gasteiger partial charge in [-0.05, 0) is 13.0 Å². The van der Waals surface area contributed by atoms with Gasteiger partial charge in [-0.2, -0.15) is 0 Å². The van der Waals surface area contributed by atoms with Crippen molar-refractivity contribution in [3.63, 3.8) is 0 Å². The normalized spacial score (nSPS) is 23.6. The van der Waals surface area contributed by atoms with Gasteiger partial charge in [-0.1, -0.05) is 0 Å². The largest absolute Gasteiger partial charge is 0.393 e. The molecular formula is C5H11N2O. The zero-order valence-corrected chi connectivity index (χ0v) is 4.80. The van der Waals surface area contributed by atoms with E-state index in [4.69, 9.17) is 5.11 Å². The first kappa shape index (κ1) is 6.01. The zero-order chi connectivity index (χ0) is 5.82. The van der Waals surface area contributed by atoms with E-state index in [0.717, 1.165) is 19.5 Å². The van der Waals surface area contributed by atoms with Crippen molar-refractivity contribution in [3.05, 3.63) is 0 Å². The standard InChI is InChI=1S/C5H11N2O/c8-4-5-6-2-1-3-7-5/h5-6,8H,1-4H2. The Morgan fingerprint density at radius 2 is 2.62 bits per heavy atom. The van der Waals surface area contributed by atoms with Crippen LogP contribution in [0.1, 0.15) is 6.42 Å². The summed E-state index contributed by atoms with van der Waals surface area (Å²) in [5.41, 5.74) is 0. The van der Waals surface area contributed by atoms with Gasteiger partial charge in [-0.25, -0.2) is 5.32 Å². The van der Waals surface area contributed by atoms with Gasteiger partial charge >= 0.3 is 0 Å². The van der Waals surface area contributed by atoms with Crippen LogP contribution in [0, 0.1) is 0 Å². The average Bonchev–Trinajstić information content (AvgIpc) is 1.90. The van der Waals surface area contributed by atoms with Gasteiger partial charge in [0.15, 0.2) is 0 Å². The van der Waals surface area contributed by atoms with Crippen LogP contribution >= 0.6 is 0 Å². The van der Waals surface area contributed by atoms with Crippen molar-refractivity contribution >= 4 is 0 Å². The number of nitrogens with zero attached hydrogens (tertiary/aromatic N) is 1. The molecule has 0 aromatic carbocycles. The molecule has 0 aliphatic carbocycles. The highest BCUT2D eigenvalue weighted by molar-refractivity contribution is 4.67. The summed E-state index contributed by atoms with van der Waals surface area (Å²) in [6.45, 7) is 2.03. The van der Waals surface area contributed by atoms with Gasteiger partial charge in [0.05, 0.1) is 12.8 Å². The van der Waals surface area contributed by atoms with Crippen molar-refractivity contribution in [3.8, 4) is 0 Å². The summed E-state index contributed by atoms with van der Waals surface area (Å²) in [6.07, 6.45) is 1.12. The van der Waals surface area contributed by atoms with Gasteiger partial charge in [0.1, 0.15) is 0 Å². The highest BCUT2D eigenvalue weighted by atomic mass is 16.3. The molecule has 0 amide bonds. The molecule has 1 fully saturated rings. The lowest BCUT2D eigenvalue weighted by atomic mass is 10.3. The SMILES string of the molecule is OCC1[N]CCCN1. The minimum Gasteiger partial charge on any atom is -0.393 e. The molecule has 1 aliphatic rings. The summed E-state index contributed by atoms with van der Waals surface area (Å²) in [7, 11) is 0. The molecule has 47 valence electrons. The van der Waals surface area contributed by atoms with Crippen LogP contribution in [-0.4, -0.2) is 31.0 Å². The van der Waals surface area contributed by atoms with Crippen molar-refractivity contribution in [2.45, 2.75) is 12.6 Å². The first-order valence-corrected chi connectivity index (χ1v) is 2.94. The Labute approximate surface area is 49.1 Å². The summed E-state index contributed by atoms with van der Waals surface area (Å²) in [5, 5.41) is 15.7. The van der Waals surface area contributed by atoms with Gasteiger partial charge < -0.3 is 5.11 Å². The summed E-state index contributed by atoms with van der Waals surface area (Å²) < 4.78 is 0. The molecule has 1 atom stereocenters. The zero-order valence-electron chi connectivity index (χ0n) is 4.80. The van der Waals surface area contributed by atoms with Crippen LogP contribution in [0.2, 0.25) is 0 Å². The van der Waals surface area contributed by atoms with Gasteiger partial charge in [-0.3, -0.25) is 5.32 Å². The van der Waals surface area contributed by atoms with E-state index in [1.165, 1.54) is 0 Å². The molecular weight excluding hydrogens is 104 g/mol. The molecule has 1 radical (unpaired) electrons. The molecule has 1 heterocycles. The van der Waals surface area contributed by atoms with Crippen LogP contribution < -0.4 is 10.6 Å². The molecule has 1 saturated heterocycles. The first-order valence-electron chi connectivity index (χ1n) is 2.94. The van der Waals surface area contributed by atoms with E-state index < -0.39 is 0 Å². The lowest BCUT2D eigenvalue weighted by Gasteiger charge is -2.20. The number of aliphatic hydroxyl groups is 1. The third kappa shape index (κ3) is 1.43. The smallest absolute Gasteiger partial charge is 0.0970 e. The minimum atomic E-state index is 0.0174. The third-order valence-corrected chi connectivity index (χ3v) is 1.24. The van der Waals surface area contributed by atoms with Crippen molar-refractivity contribution in [2.24, 2.45) is 0 Å². The molecule has 0 bridgehead atoms. The summed E-state index contributed by atoms with van der Waals surface area (Å²) in [5.74, 6) is 0. The Kier molecular flexibility index (Phi) is 2.27. The average molecular weight is 115 g/mol. The van der Waals surface area contributed by atoms with Gasteiger partial charge in [0.25, 0.3) is 0 Å². The predicted octanol–water partition coefficient (Wildman–Crippen LogP) is -1.10. The molecule has 0 saturated carbocycles. The van der Waals surface area contributed by atoms with Crippen LogP contribution in [0.5, 0.6) is 0 Å². The predicted molar refractivity (Wildman–Crippen MR) is 30.5 cm³/mol. The van der Waals surface area contributed by atoms with Gasteiger partial charge in [0, 0.05) is 6.54 Å². The Morgan fingerprint density at radius 3 is 3.00 bits per heavy atom. The molecule has 0 aromatic heterocycles. The van der Waals surface area contributed by atoms with E-state index >= 15 is 0 Å². The fraction of sp³-hybridized carbons (Fsp3) is 1.00. The van der Waals surface area contributed by atoms with Gasteiger partial charge in [0.2, 0.25) is 0 Å². The molecule has 2 N–H and O–H groups in total. The maximum Gasteiger partial charge on any atom is 0.0970 e. The Balaban J connectivity index is 2.13. The van der Waals surface area contributed by atoms with E-state index in [9.17, 15) is 0 Å². The molecule has 3 heteroatoms. The molecule has 1 aliphatic heterocycles. The lowest BCUT2D eigenvalue weighted by Crippen LogP contribution is -2.46. The van der Waals surface area contributed by atoms with Crippen molar-refractivity contribution in [1.29, 1.82) is 0 Å². The number of nitrogens with one attached hydrogen (secondary N) is 1. The van der Waals surface area contributed by atoms with Crippen LogP contribution in [0.3, 0.4) is 0 Å². The fourth-order valence-electron chi connectivity index (χ4n) is 0.782. The Hall–Kier alpha value is -0.120. The molecule has 0 aromatic rings. The number of hydrogen-bond acceptors (Lipinski definition) is 2. The molecule has 8 heavy (non-hydrogen) atoms. The highest BCUT2D eigenvalue weighted by Crippen LogP contribution is 1.88. The molecule has 1 unspecified atom stereocenters. The molecule has 0 spiro atoms. The monoisotopic (exact) mass is 115 g/mol. The minimum absolute atomic E-state index is 0.0174. The fourth-order valence-corrected chi connectivity index (χ4v) is 0.782. The maximum atomic E-state index is 8.53. The molecule has 1 rings (SSSR count). The van der Waals surface area contributed by atoms with E-state index in [1.807, 2.05) is 0 Å². The topological polar surface area (TPSA) is 46.4 Å². The van der Waals surface area contributed by atoms with E-state index in [1.54, 1.807) is 0 Å². The van der Waals surface area contributed by atoms with Crippen LogP contribution in [0.4, 0.5) is 0 Å². The second kappa shape index (κ2) is 3.02. The van der Waals surface area contributed by atoms with Crippen LogP contribution in [0.25, 0.3) is 0 Å². The Bertz CT molecular complexity index is 61.4.